The Bertz CT molecular complexity index is 544. The van der Waals surface area contributed by atoms with E-state index in [1.807, 2.05) is 0 Å². The molecule has 0 fully saturated rings. The van der Waals surface area contributed by atoms with E-state index in [0.717, 1.165) is 0 Å². The zero-order valence-electron chi connectivity index (χ0n) is 11.9. The maximum atomic E-state index is 11.1. The smallest absolute Gasteiger partial charge is 0.305 e. The molecule has 9 heteroatoms. The number of nitro benzene ring substituents is 1. The van der Waals surface area contributed by atoms with Gasteiger partial charge in [0, 0.05) is 29.9 Å². The second kappa shape index (κ2) is 8.03. The number of aliphatic hydroxyl groups excluding tert-OH is 1. The molecule has 1 rings (SSSR count). The van der Waals surface area contributed by atoms with Crippen molar-refractivity contribution >= 4 is 11.7 Å². The molecule has 0 radical (unpaired) electrons. The average molecular weight is 312 g/mol. The molecule has 2 atom stereocenters. The fraction of sp³-hybridized carbons (Fsp3) is 0.462. The number of ether oxygens (including phenoxy) is 1. The maximum absolute atomic E-state index is 11.1. The van der Waals surface area contributed by atoms with Gasteiger partial charge in [0.25, 0.3) is 5.69 Å². The fourth-order valence-electron chi connectivity index (χ4n) is 1.95. The van der Waals surface area contributed by atoms with Gasteiger partial charge in [-0.15, -0.1) is 0 Å². The molecule has 1 aromatic rings. The van der Waals surface area contributed by atoms with Crippen LogP contribution in [0.4, 0.5) is 5.69 Å². The van der Waals surface area contributed by atoms with Crippen LogP contribution >= 0.6 is 0 Å². The molecule has 22 heavy (non-hydrogen) atoms. The molecular formula is C13H16N2O7. The van der Waals surface area contributed by atoms with Crippen molar-refractivity contribution in [3.8, 4) is 0 Å². The van der Waals surface area contributed by atoms with Gasteiger partial charge in [-0.25, -0.2) is 0 Å². The minimum absolute atomic E-state index is 0.0136. The maximum Gasteiger partial charge on any atom is 0.305 e. The Hall–Kier alpha value is -2.55. The molecule has 0 unspecified atom stereocenters. The van der Waals surface area contributed by atoms with Gasteiger partial charge >= 0.3 is 5.97 Å². The molecule has 0 amide bonds. The Morgan fingerprint density at radius 3 is 2.32 bits per heavy atom. The number of carbonyl (C=O) groups excluding carboxylic acids is 1. The molecule has 0 aliphatic carbocycles. The standard InChI is InChI=1S/C13H16N2O7/c1-22-12(16)4-2-3-11(15(20)21)13(17)9-5-7-10(8-6-9)14(18)19/h5-8,11,13,17H,2-4H2,1H3/t11-,13+/m0/s1. The summed E-state index contributed by atoms with van der Waals surface area (Å²) in [4.78, 5) is 31.4. The number of aliphatic hydroxyl groups is 1. The van der Waals surface area contributed by atoms with Crippen LogP contribution < -0.4 is 0 Å². The Kier molecular flexibility index (Phi) is 6.39. The molecule has 1 aromatic carbocycles. The summed E-state index contributed by atoms with van der Waals surface area (Å²) in [5, 5.41) is 31.7. The van der Waals surface area contributed by atoms with Crippen molar-refractivity contribution in [1.82, 2.24) is 0 Å². The molecule has 0 aromatic heterocycles. The number of esters is 1. The van der Waals surface area contributed by atoms with E-state index in [9.17, 15) is 30.1 Å². The number of hydrogen-bond acceptors (Lipinski definition) is 7. The van der Waals surface area contributed by atoms with Gasteiger partial charge in [0.15, 0.2) is 0 Å². The number of benzene rings is 1. The molecule has 9 nitrogen and oxygen atoms in total. The normalized spacial score (nSPS) is 13.2. The van der Waals surface area contributed by atoms with Crippen molar-refractivity contribution in [3.05, 3.63) is 50.1 Å². The summed E-state index contributed by atoms with van der Waals surface area (Å²) in [6.07, 6.45) is -1.20. The quantitative estimate of drug-likeness (QED) is 0.438. The molecule has 1 N–H and O–H groups in total. The Morgan fingerprint density at radius 1 is 1.27 bits per heavy atom. The molecule has 0 spiro atoms. The van der Waals surface area contributed by atoms with E-state index in [4.69, 9.17) is 0 Å². The zero-order chi connectivity index (χ0) is 16.7. The SMILES string of the molecule is COC(=O)CCC[C@@H]([C@H](O)c1ccc([N+](=O)[O-])cc1)[N+](=O)[O-]. The second-order valence-electron chi connectivity index (χ2n) is 4.61. The Morgan fingerprint density at radius 2 is 1.86 bits per heavy atom. The summed E-state index contributed by atoms with van der Waals surface area (Å²) in [5.41, 5.74) is 0.0460. The van der Waals surface area contributed by atoms with Crippen LogP contribution in [0, 0.1) is 20.2 Å². The third-order valence-corrected chi connectivity index (χ3v) is 3.19. The van der Waals surface area contributed by atoms with Crippen LogP contribution in [0.5, 0.6) is 0 Å². The van der Waals surface area contributed by atoms with E-state index in [1.54, 1.807) is 0 Å². The van der Waals surface area contributed by atoms with E-state index in [0.29, 0.717) is 0 Å². The Balaban J connectivity index is 2.75. The number of methoxy groups -OCH3 is 1. The number of carbonyl (C=O) groups is 1. The zero-order valence-corrected chi connectivity index (χ0v) is 11.9. The summed E-state index contributed by atoms with van der Waals surface area (Å²) in [6.45, 7) is 0. The Labute approximate surface area is 125 Å². The first-order valence-corrected chi connectivity index (χ1v) is 6.49. The van der Waals surface area contributed by atoms with Gasteiger partial charge in [0.05, 0.1) is 12.0 Å². The number of hydrogen-bond donors (Lipinski definition) is 1. The lowest BCUT2D eigenvalue weighted by atomic mass is 9.98. The van der Waals surface area contributed by atoms with Gasteiger partial charge in [-0.05, 0) is 24.1 Å². The van der Waals surface area contributed by atoms with Crippen LogP contribution in [0.25, 0.3) is 0 Å². The fourth-order valence-corrected chi connectivity index (χ4v) is 1.95. The van der Waals surface area contributed by atoms with E-state index in [1.165, 1.54) is 31.4 Å². The third-order valence-electron chi connectivity index (χ3n) is 3.19. The molecule has 0 heterocycles. The van der Waals surface area contributed by atoms with Gasteiger partial charge in [-0.2, -0.15) is 0 Å². The van der Waals surface area contributed by atoms with Crippen molar-refractivity contribution in [2.24, 2.45) is 0 Å². The highest BCUT2D eigenvalue weighted by atomic mass is 16.6. The van der Waals surface area contributed by atoms with Crippen LogP contribution in [-0.2, 0) is 9.53 Å². The molecule has 0 aliphatic heterocycles. The lowest BCUT2D eigenvalue weighted by Gasteiger charge is -2.16. The minimum Gasteiger partial charge on any atom is -0.469 e. The highest BCUT2D eigenvalue weighted by molar-refractivity contribution is 5.68. The minimum atomic E-state index is -1.41. The highest BCUT2D eigenvalue weighted by Gasteiger charge is 2.31. The van der Waals surface area contributed by atoms with E-state index >= 15 is 0 Å². The first-order chi connectivity index (χ1) is 10.4. The lowest BCUT2D eigenvalue weighted by Crippen LogP contribution is -2.27. The second-order valence-corrected chi connectivity index (χ2v) is 4.61. The first-order valence-electron chi connectivity index (χ1n) is 6.49. The van der Waals surface area contributed by atoms with E-state index in [-0.39, 0.29) is 30.5 Å². The van der Waals surface area contributed by atoms with Crippen molar-refractivity contribution in [2.75, 3.05) is 7.11 Å². The first kappa shape index (κ1) is 17.5. The molecular weight excluding hydrogens is 296 g/mol. The van der Waals surface area contributed by atoms with Gasteiger partial charge in [0.2, 0.25) is 6.04 Å². The monoisotopic (exact) mass is 312 g/mol. The van der Waals surface area contributed by atoms with Crippen molar-refractivity contribution in [1.29, 1.82) is 0 Å². The van der Waals surface area contributed by atoms with Crippen molar-refractivity contribution in [3.63, 3.8) is 0 Å². The molecule has 120 valence electrons. The van der Waals surface area contributed by atoms with Crippen LogP contribution in [0.2, 0.25) is 0 Å². The molecule has 0 aliphatic rings. The molecule has 0 saturated carbocycles. The predicted octanol–water partition coefficient (Wildman–Crippen LogP) is 1.62. The summed E-state index contributed by atoms with van der Waals surface area (Å²) in [7, 11) is 1.22. The molecule has 0 bridgehead atoms. The van der Waals surface area contributed by atoms with Crippen LogP contribution in [0.3, 0.4) is 0 Å². The van der Waals surface area contributed by atoms with Crippen LogP contribution in [0.15, 0.2) is 24.3 Å². The molecule has 0 saturated heterocycles. The number of nitro groups is 2. The lowest BCUT2D eigenvalue weighted by molar-refractivity contribution is -0.536. The third kappa shape index (κ3) is 4.77. The highest BCUT2D eigenvalue weighted by Crippen LogP contribution is 2.24. The summed E-state index contributed by atoms with van der Waals surface area (Å²) in [5.74, 6) is -0.480. The van der Waals surface area contributed by atoms with Crippen LogP contribution in [-0.4, -0.2) is 34.1 Å². The van der Waals surface area contributed by atoms with Crippen molar-refractivity contribution < 1.29 is 24.5 Å². The van der Waals surface area contributed by atoms with Gasteiger partial charge < -0.3 is 9.84 Å². The number of non-ortho nitro benzene ring substituents is 1. The summed E-state index contributed by atoms with van der Waals surface area (Å²) in [6, 6.07) is 3.60. The van der Waals surface area contributed by atoms with E-state index in [2.05, 4.69) is 4.74 Å². The van der Waals surface area contributed by atoms with Crippen LogP contribution in [0.1, 0.15) is 30.9 Å². The summed E-state index contributed by atoms with van der Waals surface area (Å²) >= 11 is 0. The van der Waals surface area contributed by atoms with Gasteiger partial charge in [-0.3, -0.25) is 25.0 Å². The van der Waals surface area contributed by atoms with Gasteiger partial charge in [-0.1, -0.05) is 0 Å². The van der Waals surface area contributed by atoms with E-state index < -0.39 is 28.0 Å². The number of rotatable bonds is 8. The average Bonchev–Trinajstić information content (AvgIpc) is 2.50. The predicted molar refractivity (Wildman–Crippen MR) is 74.7 cm³/mol. The number of nitrogens with zero attached hydrogens (tertiary/aromatic N) is 2. The largest absolute Gasteiger partial charge is 0.469 e. The van der Waals surface area contributed by atoms with Gasteiger partial charge in [0.1, 0.15) is 6.10 Å². The topological polar surface area (TPSA) is 133 Å². The summed E-state index contributed by atoms with van der Waals surface area (Å²) < 4.78 is 4.44. The van der Waals surface area contributed by atoms with Crippen molar-refractivity contribution in [2.45, 2.75) is 31.4 Å².